The highest BCUT2D eigenvalue weighted by molar-refractivity contribution is 6.26. The van der Waals surface area contributed by atoms with Crippen molar-refractivity contribution in [2.45, 2.75) is 27.7 Å². The van der Waals surface area contributed by atoms with Crippen LogP contribution in [0.4, 0.5) is 0 Å². The molecule has 0 unspecified atom stereocenters. The number of carbonyl (C=O) groups excluding carboxylic acids is 1. The van der Waals surface area contributed by atoms with Crippen LogP contribution in [-0.2, 0) is 4.79 Å². The SMILES string of the molecule is Cc1cc(C)c2c(c1)/C(=C/c1cc(C)c(O)c(C)c1)C(=O)O2. The molecular weight excluding hydrogens is 276 g/mol. The van der Waals surface area contributed by atoms with Gasteiger partial charge in [-0.3, -0.25) is 0 Å². The van der Waals surface area contributed by atoms with Gasteiger partial charge >= 0.3 is 5.97 Å². The lowest BCUT2D eigenvalue weighted by atomic mass is 9.98. The second kappa shape index (κ2) is 5.02. The minimum atomic E-state index is -0.327. The quantitative estimate of drug-likeness (QED) is 0.489. The van der Waals surface area contributed by atoms with Gasteiger partial charge in [0.2, 0.25) is 0 Å². The maximum atomic E-state index is 12.2. The van der Waals surface area contributed by atoms with Gasteiger partial charge in [-0.25, -0.2) is 4.79 Å². The highest BCUT2D eigenvalue weighted by atomic mass is 16.5. The van der Waals surface area contributed by atoms with Crippen molar-refractivity contribution < 1.29 is 14.6 Å². The average Bonchev–Trinajstić information content (AvgIpc) is 2.74. The average molecular weight is 294 g/mol. The van der Waals surface area contributed by atoms with Crippen molar-refractivity contribution in [2.24, 2.45) is 0 Å². The summed E-state index contributed by atoms with van der Waals surface area (Å²) in [5, 5.41) is 9.86. The molecule has 0 bridgehead atoms. The lowest BCUT2D eigenvalue weighted by molar-refractivity contribution is -0.126. The Balaban J connectivity index is 2.16. The van der Waals surface area contributed by atoms with Gasteiger partial charge in [0.25, 0.3) is 0 Å². The first-order valence-electron chi connectivity index (χ1n) is 7.22. The molecule has 3 rings (SSSR count). The van der Waals surface area contributed by atoms with E-state index in [0.717, 1.165) is 33.4 Å². The summed E-state index contributed by atoms with van der Waals surface area (Å²) < 4.78 is 5.41. The number of rotatable bonds is 1. The Morgan fingerprint density at radius 1 is 0.955 bits per heavy atom. The van der Waals surface area contributed by atoms with E-state index in [1.807, 2.05) is 58.0 Å². The Morgan fingerprint density at radius 2 is 1.59 bits per heavy atom. The van der Waals surface area contributed by atoms with E-state index in [2.05, 4.69) is 0 Å². The van der Waals surface area contributed by atoms with Crippen molar-refractivity contribution in [3.8, 4) is 11.5 Å². The number of benzene rings is 2. The van der Waals surface area contributed by atoms with Crippen LogP contribution < -0.4 is 4.74 Å². The summed E-state index contributed by atoms with van der Waals surface area (Å²) in [7, 11) is 0. The van der Waals surface area contributed by atoms with Gasteiger partial charge < -0.3 is 9.84 Å². The first-order chi connectivity index (χ1) is 10.4. The molecule has 0 radical (unpaired) electrons. The second-order valence-electron chi connectivity index (χ2n) is 5.91. The molecule has 0 atom stereocenters. The molecule has 1 aliphatic heterocycles. The molecule has 1 N–H and O–H groups in total. The molecule has 2 aromatic rings. The van der Waals surface area contributed by atoms with Crippen molar-refractivity contribution in [1.29, 1.82) is 0 Å². The normalized spacial score (nSPS) is 15.1. The first-order valence-corrected chi connectivity index (χ1v) is 7.22. The van der Waals surface area contributed by atoms with Crippen LogP contribution in [0, 0.1) is 27.7 Å². The lowest BCUT2D eigenvalue weighted by Crippen LogP contribution is -2.00. The van der Waals surface area contributed by atoms with Gasteiger partial charge in [-0.05, 0) is 79.8 Å². The second-order valence-corrected chi connectivity index (χ2v) is 5.91. The highest BCUT2D eigenvalue weighted by Crippen LogP contribution is 2.39. The molecule has 22 heavy (non-hydrogen) atoms. The molecule has 0 fully saturated rings. The number of carbonyl (C=O) groups is 1. The Kier molecular flexibility index (Phi) is 3.28. The highest BCUT2D eigenvalue weighted by Gasteiger charge is 2.28. The summed E-state index contributed by atoms with van der Waals surface area (Å²) in [5.74, 6) is 0.615. The zero-order valence-corrected chi connectivity index (χ0v) is 13.2. The van der Waals surface area contributed by atoms with Crippen LogP contribution in [0.2, 0.25) is 0 Å². The summed E-state index contributed by atoms with van der Waals surface area (Å²) >= 11 is 0. The topological polar surface area (TPSA) is 46.5 Å². The largest absolute Gasteiger partial charge is 0.507 e. The molecule has 0 aromatic heterocycles. The van der Waals surface area contributed by atoms with Crippen molar-refractivity contribution in [2.75, 3.05) is 0 Å². The first kappa shape index (κ1) is 14.4. The van der Waals surface area contributed by atoms with Crippen LogP contribution in [0.25, 0.3) is 11.6 Å². The van der Waals surface area contributed by atoms with E-state index in [-0.39, 0.29) is 5.97 Å². The van der Waals surface area contributed by atoms with Crippen LogP contribution in [0.3, 0.4) is 0 Å². The molecule has 1 heterocycles. The van der Waals surface area contributed by atoms with Crippen molar-refractivity contribution in [1.82, 2.24) is 0 Å². The Labute approximate surface area is 129 Å². The Bertz CT molecular complexity index is 806. The van der Waals surface area contributed by atoms with E-state index in [4.69, 9.17) is 4.74 Å². The predicted molar refractivity (Wildman–Crippen MR) is 87.0 cm³/mol. The van der Waals surface area contributed by atoms with Crippen LogP contribution in [0.15, 0.2) is 24.3 Å². The van der Waals surface area contributed by atoms with Gasteiger partial charge in [0.1, 0.15) is 11.5 Å². The number of hydrogen-bond donors (Lipinski definition) is 1. The van der Waals surface area contributed by atoms with Crippen LogP contribution in [0.5, 0.6) is 11.5 Å². The van der Waals surface area contributed by atoms with Gasteiger partial charge in [0.15, 0.2) is 0 Å². The number of phenolic OH excluding ortho intramolecular Hbond substituents is 1. The van der Waals surface area contributed by atoms with Crippen LogP contribution in [-0.4, -0.2) is 11.1 Å². The number of aromatic hydroxyl groups is 1. The van der Waals surface area contributed by atoms with E-state index in [9.17, 15) is 9.90 Å². The van der Waals surface area contributed by atoms with Crippen LogP contribution >= 0.6 is 0 Å². The van der Waals surface area contributed by atoms with E-state index in [0.29, 0.717) is 17.1 Å². The van der Waals surface area contributed by atoms with E-state index in [1.165, 1.54) is 0 Å². The summed E-state index contributed by atoms with van der Waals surface area (Å²) in [4.78, 5) is 12.2. The molecule has 112 valence electrons. The zero-order chi connectivity index (χ0) is 16.0. The summed E-state index contributed by atoms with van der Waals surface area (Å²) in [6.45, 7) is 7.64. The maximum Gasteiger partial charge on any atom is 0.344 e. The van der Waals surface area contributed by atoms with E-state index in [1.54, 1.807) is 0 Å². The van der Waals surface area contributed by atoms with E-state index < -0.39 is 0 Å². The third kappa shape index (κ3) is 2.29. The van der Waals surface area contributed by atoms with E-state index >= 15 is 0 Å². The van der Waals surface area contributed by atoms with Gasteiger partial charge in [-0.15, -0.1) is 0 Å². The molecule has 0 aliphatic carbocycles. The summed E-state index contributed by atoms with van der Waals surface area (Å²) in [5.41, 5.74) is 5.92. The van der Waals surface area contributed by atoms with Gasteiger partial charge in [0, 0.05) is 5.56 Å². The number of ether oxygens (including phenoxy) is 1. The predicted octanol–water partition coefficient (Wildman–Crippen LogP) is 4.09. The zero-order valence-electron chi connectivity index (χ0n) is 13.2. The number of esters is 1. The lowest BCUT2D eigenvalue weighted by Gasteiger charge is -2.06. The van der Waals surface area contributed by atoms with Gasteiger partial charge in [-0.2, -0.15) is 0 Å². The molecule has 1 aliphatic rings. The van der Waals surface area contributed by atoms with Gasteiger partial charge in [0.05, 0.1) is 5.57 Å². The summed E-state index contributed by atoms with van der Waals surface area (Å²) in [6.07, 6.45) is 1.83. The molecular formula is C19H18O3. The molecule has 3 heteroatoms. The van der Waals surface area contributed by atoms with Crippen molar-refractivity contribution >= 4 is 17.6 Å². The molecule has 0 amide bonds. The maximum absolute atomic E-state index is 12.2. The fourth-order valence-corrected chi connectivity index (χ4v) is 2.92. The fourth-order valence-electron chi connectivity index (χ4n) is 2.92. The molecule has 3 nitrogen and oxygen atoms in total. The Morgan fingerprint density at radius 3 is 2.23 bits per heavy atom. The number of hydrogen-bond acceptors (Lipinski definition) is 3. The number of phenols is 1. The fraction of sp³-hybridized carbons (Fsp3) is 0.211. The molecule has 0 spiro atoms. The minimum Gasteiger partial charge on any atom is -0.507 e. The summed E-state index contributed by atoms with van der Waals surface area (Å²) in [6, 6.07) is 7.70. The standard InChI is InChI=1S/C19H18O3/c1-10-5-13(4)18-15(6-10)16(19(21)22-18)9-14-7-11(2)17(20)12(3)8-14/h5-9,20H,1-4H3/b16-9-. The number of aryl methyl sites for hydroxylation is 4. The van der Waals surface area contributed by atoms with Crippen LogP contribution in [0.1, 0.15) is 33.4 Å². The smallest absolute Gasteiger partial charge is 0.344 e. The Hall–Kier alpha value is -2.55. The van der Waals surface area contributed by atoms with Gasteiger partial charge in [-0.1, -0.05) is 6.07 Å². The molecule has 0 saturated heterocycles. The molecule has 2 aromatic carbocycles. The third-order valence-corrected chi connectivity index (χ3v) is 3.95. The van der Waals surface area contributed by atoms with Crippen molar-refractivity contribution in [3.63, 3.8) is 0 Å². The molecule has 0 saturated carbocycles. The number of fused-ring (bicyclic) bond motifs is 1. The third-order valence-electron chi connectivity index (χ3n) is 3.95. The monoisotopic (exact) mass is 294 g/mol. The van der Waals surface area contributed by atoms with Crippen molar-refractivity contribution in [3.05, 3.63) is 57.6 Å². The minimum absolute atomic E-state index is 0.295.